The van der Waals surface area contributed by atoms with Gasteiger partial charge in [0.25, 0.3) is 5.91 Å². The molecule has 0 spiro atoms. The molecular weight excluding hydrogens is 358 g/mol. The molecule has 1 fully saturated rings. The Bertz CT molecular complexity index is 455. The molecule has 0 radical (unpaired) electrons. The summed E-state index contributed by atoms with van der Waals surface area (Å²) in [6.45, 7) is 2.80. The average molecular weight is 375 g/mol. The average Bonchev–Trinajstić information content (AvgIpc) is 3.07. The number of halogens is 2. The van der Waals surface area contributed by atoms with Gasteiger partial charge in [0.2, 0.25) is 0 Å². The highest BCUT2D eigenvalue weighted by atomic mass is 79.9. The molecule has 1 aliphatic rings. The van der Waals surface area contributed by atoms with Crippen molar-refractivity contribution in [2.24, 2.45) is 5.41 Å². The van der Waals surface area contributed by atoms with E-state index in [1.54, 1.807) is 0 Å². The zero-order chi connectivity index (χ0) is 13.2. The van der Waals surface area contributed by atoms with Crippen LogP contribution < -0.4 is 5.32 Å². The Morgan fingerprint density at radius 1 is 1.44 bits per heavy atom. The van der Waals surface area contributed by atoms with Gasteiger partial charge in [-0.15, -0.1) is 0 Å². The molecule has 0 heterocycles. The maximum absolute atomic E-state index is 12.1. The van der Waals surface area contributed by atoms with Crippen LogP contribution in [-0.2, 0) is 0 Å². The molecule has 1 saturated carbocycles. The number of rotatable bonds is 5. The van der Waals surface area contributed by atoms with Gasteiger partial charge < -0.3 is 5.32 Å². The van der Waals surface area contributed by atoms with Crippen LogP contribution in [0, 0.1) is 12.3 Å². The quantitative estimate of drug-likeness (QED) is 0.774. The summed E-state index contributed by atoms with van der Waals surface area (Å²) in [6.07, 6.45) is 3.60. The number of hydrogen-bond acceptors (Lipinski definition) is 1. The summed E-state index contributed by atoms with van der Waals surface area (Å²) in [5.41, 5.74) is 2.22. The Morgan fingerprint density at radius 2 is 2.17 bits per heavy atom. The maximum Gasteiger partial charge on any atom is 0.252 e. The SMILES string of the molecule is Cc1ccc(C(=O)NCC2(CCBr)CC2)c(Br)c1. The molecule has 1 aliphatic carbocycles. The predicted octanol–water partition coefficient (Wildman–Crippen LogP) is 4.05. The van der Waals surface area contributed by atoms with Crippen molar-refractivity contribution in [3.63, 3.8) is 0 Å². The second kappa shape index (κ2) is 5.74. The van der Waals surface area contributed by atoms with E-state index >= 15 is 0 Å². The van der Waals surface area contributed by atoms with Gasteiger partial charge in [-0.2, -0.15) is 0 Å². The van der Waals surface area contributed by atoms with Gasteiger partial charge in [-0.1, -0.05) is 22.0 Å². The van der Waals surface area contributed by atoms with Crippen LogP contribution in [-0.4, -0.2) is 17.8 Å². The van der Waals surface area contributed by atoms with Crippen LogP contribution in [0.15, 0.2) is 22.7 Å². The van der Waals surface area contributed by atoms with Crippen LogP contribution >= 0.6 is 31.9 Å². The molecule has 1 N–H and O–H groups in total. The van der Waals surface area contributed by atoms with E-state index in [9.17, 15) is 4.79 Å². The third kappa shape index (κ3) is 3.35. The highest BCUT2D eigenvalue weighted by Gasteiger charge is 2.41. The molecule has 0 unspecified atom stereocenters. The predicted molar refractivity (Wildman–Crippen MR) is 81.3 cm³/mol. The Morgan fingerprint density at radius 3 is 2.72 bits per heavy atom. The van der Waals surface area contributed by atoms with Crippen molar-refractivity contribution in [3.05, 3.63) is 33.8 Å². The van der Waals surface area contributed by atoms with Crippen molar-refractivity contribution in [2.45, 2.75) is 26.2 Å². The van der Waals surface area contributed by atoms with E-state index < -0.39 is 0 Å². The van der Waals surface area contributed by atoms with Crippen molar-refractivity contribution >= 4 is 37.8 Å². The number of carbonyl (C=O) groups excluding carboxylic acids is 1. The van der Waals surface area contributed by atoms with Gasteiger partial charge >= 0.3 is 0 Å². The third-order valence-electron chi connectivity index (χ3n) is 3.58. The van der Waals surface area contributed by atoms with Crippen LogP contribution in [0.4, 0.5) is 0 Å². The summed E-state index contributed by atoms with van der Waals surface area (Å²) in [7, 11) is 0. The van der Waals surface area contributed by atoms with Crippen LogP contribution in [0.1, 0.15) is 35.2 Å². The van der Waals surface area contributed by atoms with Gasteiger partial charge in [-0.3, -0.25) is 4.79 Å². The minimum absolute atomic E-state index is 0.0164. The lowest BCUT2D eigenvalue weighted by Gasteiger charge is -2.15. The molecule has 18 heavy (non-hydrogen) atoms. The Labute approximate surface area is 125 Å². The molecule has 1 aromatic rings. The Kier molecular flexibility index (Phi) is 4.49. The first-order chi connectivity index (χ1) is 8.56. The normalized spacial score (nSPS) is 16.4. The fourth-order valence-electron chi connectivity index (χ4n) is 2.06. The van der Waals surface area contributed by atoms with E-state index in [1.165, 1.54) is 12.8 Å². The van der Waals surface area contributed by atoms with Gasteiger partial charge in [-0.25, -0.2) is 0 Å². The summed E-state index contributed by atoms with van der Waals surface area (Å²) < 4.78 is 0.866. The largest absolute Gasteiger partial charge is 0.351 e. The number of aryl methyl sites for hydroxylation is 1. The van der Waals surface area contributed by atoms with Gasteiger partial charge in [0.1, 0.15) is 0 Å². The van der Waals surface area contributed by atoms with E-state index in [1.807, 2.05) is 25.1 Å². The molecule has 2 rings (SSSR count). The molecule has 0 saturated heterocycles. The fraction of sp³-hybridized carbons (Fsp3) is 0.500. The summed E-state index contributed by atoms with van der Waals surface area (Å²) >= 11 is 6.92. The minimum atomic E-state index is 0.0164. The smallest absolute Gasteiger partial charge is 0.252 e. The topological polar surface area (TPSA) is 29.1 Å². The molecule has 1 aromatic carbocycles. The maximum atomic E-state index is 12.1. The summed E-state index contributed by atoms with van der Waals surface area (Å²) in [4.78, 5) is 12.1. The molecule has 0 aliphatic heterocycles. The second-order valence-corrected chi connectivity index (χ2v) is 6.75. The van der Waals surface area contributed by atoms with Crippen molar-refractivity contribution in [3.8, 4) is 0 Å². The highest BCUT2D eigenvalue weighted by molar-refractivity contribution is 9.10. The molecule has 2 nitrogen and oxygen atoms in total. The molecule has 1 amide bonds. The number of benzene rings is 1. The van der Waals surface area contributed by atoms with E-state index in [4.69, 9.17) is 0 Å². The number of amides is 1. The van der Waals surface area contributed by atoms with Gasteiger partial charge in [0.05, 0.1) is 5.56 Å². The number of hydrogen-bond donors (Lipinski definition) is 1. The molecule has 0 atom stereocenters. The van der Waals surface area contributed by atoms with Gasteiger partial charge in [-0.05, 0) is 65.2 Å². The van der Waals surface area contributed by atoms with E-state index in [0.717, 1.165) is 33.9 Å². The molecular formula is C14H17Br2NO. The minimum Gasteiger partial charge on any atom is -0.351 e. The zero-order valence-corrected chi connectivity index (χ0v) is 13.6. The molecule has 0 bridgehead atoms. The third-order valence-corrected chi connectivity index (χ3v) is 4.63. The number of nitrogens with one attached hydrogen (secondary N) is 1. The lowest BCUT2D eigenvalue weighted by Crippen LogP contribution is -2.30. The first-order valence-corrected chi connectivity index (χ1v) is 8.08. The van der Waals surface area contributed by atoms with E-state index in [0.29, 0.717) is 5.41 Å². The first kappa shape index (κ1) is 14.1. The Balaban J connectivity index is 1.96. The van der Waals surface area contributed by atoms with Crippen LogP contribution in [0.25, 0.3) is 0 Å². The summed E-state index contributed by atoms with van der Waals surface area (Å²) in [5, 5.41) is 4.07. The van der Waals surface area contributed by atoms with Gasteiger partial charge in [0.15, 0.2) is 0 Å². The van der Waals surface area contributed by atoms with Crippen LogP contribution in [0.3, 0.4) is 0 Å². The van der Waals surface area contributed by atoms with Crippen molar-refractivity contribution in [1.29, 1.82) is 0 Å². The standard InChI is InChI=1S/C14H17Br2NO/c1-10-2-3-11(12(16)8-10)13(18)17-9-14(4-5-14)6-7-15/h2-3,8H,4-7,9H2,1H3,(H,17,18). The monoisotopic (exact) mass is 373 g/mol. The van der Waals surface area contributed by atoms with Crippen LogP contribution in [0.5, 0.6) is 0 Å². The first-order valence-electron chi connectivity index (χ1n) is 6.17. The highest BCUT2D eigenvalue weighted by Crippen LogP contribution is 2.48. The lowest BCUT2D eigenvalue weighted by atomic mass is 10.0. The lowest BCUT2D eigenvalue weighted by molar-refractivity contribution is 0.0943. The molecule has 4 heteroatoms. The van der Waals surface area contributed by atoms with Crippen molar-refractivity contribution in [2.75, 3.05) is 11.9 Å². The Hall–Kier alpha value is -0.350. The van der Waals surface area contributed by atoms with Crippen LogP contribution in [0.2, 0.25) is 0 Å². The molecule has 0 aromatic heterocycles. The van der Waals surface area contributed by atoms with Gasteiger partial charge in [0, 0.05) is 16.3 Å². The van der Waals surface area contributed by atoms with E-state index in [2.05, 4.69) is 37.2 Å². The zero-order valence-electron chi connectivity index (χ0n) is 10.4. The summed E-state index contributed by atoms with van der Waals surface area (Å²) in [5.74, 6) is 0.0164. The number of alkyl halides is 1. The van der Waals surface area contributed by atoms with E-state index in [-0.39, 0.29) is 5.91 Å². The molecule has 98 valence electrons. The fourth-order valence-corrected chi connectivity index (χ4v) is 3.57. The number of carbonyl (C=O) groups is 1. The second-order valence-electron chi connectivity index (χ2n) is 5.10. The van der Waals surface area contributed by atoms with Crippen molar-refractivity contribution in [1.82, 2.24) is 5.32 Å². The van der Waals surface area contributed by atoms with Crippen molar-refractivity contribution < 1.29 is 4.79 Å². The summed E-state index contributed by atoms with van der Waals surface area (Å²) in [6, 6.07) is 5.81.